The monoisotopic (exact) mass is 445 g/mol. The zero-order valence-corrected chi connectivity index (χ0v) is 19.0. The van der Waals surface area contributed by atoms with E-state index in [1.165, 1.54) is 0 Å². The summed E-state index contributed by atoms with van der Waals surface area (Å²) in [5, 5.41) is 0. The number of carbonyl (C=O) groups excluding carboxylic acids is 2. The van der Waals surface area contributed by atoms with E-state index in [0.717, 1.165) is 18.4 Å². The van der Waals surface area contributed by atoms with Crippen molar-refractivity contribution in [3.8, 4) is 11.5 Å². The first-order valence-corrected chi connectivity index (χ1v) is 10.8. The molecule has 0 aliphatic carbocycles. The number of ether oxygens (including phenoxy) is 3. The normalized spacial score (nSPS) is 11.7. The molecule has 0 amide bonds. The molecule has 6 heteroatoms. The summed E-state index contributed by atoms with van der Waals surface area (Å²) < 4.78 is 15.9. The second kappa shape index (κ2) is 11.6. The second-order valence-electron chi connectivity index (χ2n) is 7.50. The molecule has 1 atom stereocenters. The number of methoxy groups -OCH3 is 1. The van der Waals surface area contributed by atoms with Gasteiger partial charge in [0.1, 0.15) is 11.5 Å². The number of hydrogen-bond acceptors (Lipinski definition) is 6. The van der Waals surface area contributed by atoms with Crippen molar-refractivity contribution < 1.29 is 23.8 Å². The van der Waals surface area contributed by atoms with Gasteiger partial charge in [0.25, 0.3) is 0 Å². The molecular weight excluding hydrogens is 418 g/mol. The maximum atomic E-state index is 12.3. The molecule has 0 heterocycles. The standard InChI is InChI=1S/C27H27NO5/c1-4-5-19(2)32-26(29)21-8-12-23(13-9-21)28-18-20-6-14-25(15-7-20)33-27(30)22-10-16-24(31-3)17-11-22/h6-19H,4-5H2,1-3H3. The van der Waals surface area contributed by atoms with E-state index in [9.17, 15) is 9.59 Å². The van der Waals surface area contributed by atoms with Gasteiger partial charge in [0.15, 0.2) is 0 Å². The van der Waals surface area contributed by atoms with Gasteiger partial charge in [-0.25, -0.2) is 9.59 Å². The molecule has 33 heavy (non-hydrogen) atoms. The Morgan fingerprint density at radius 3 is 2.03 bits per heavy atom. The molecule has 3 rings (SSSR count). The summed E-state index contributed by atoms with van der Waals surface area (Å²) in [6.07, 6.45) is 3.41. The maximum Gasteiger partial charge on any atom is 0.343 e. The summed E-state index contributed by atoms with van der Waals surface area (Å²) in [4.78, 5) is 28.8. The summed E-state index contributed by atoms with van der Waals surface area (Å²) in [6, 6.07) is 20.7. The fourth-order valence-electron chi connectivity index (χ4n) is 3.06. The van der Waals surface area contributed by atoms with Crippen molar-refractivity contribution in [1.82, 2.24) is 0 Å². The summed E-state index contributed by atoms with van der Waals surface area (Å²) in [6.45, 7) is 3.95. The van der Waals surface area contributed by atoms with Gasteiger partial charge in [0.05, 0.1) is 30.0 Å². The van der Waals surface area contributed by atoms with Gasteiger partial charge >= 0.3 is 11.9 Å². The van der Waals surface area contributed by atoms with Crippen molar-refractivity contribution in [2.45, 2.75) is 32.8 Å². The Kier molecular flexibility index (Phi) is 8.36. The predicted octanol–water partition coefficient (Wildman–Crippen LogP) is 6.01. The average molecular weight is 446 g/mol. The minimum absolute atomic E-state index is 0.0985. The summed E-state index contributed by atoms with van der Waals surface area (Å²) >= 11 is 0. The van der Waals surface area contributed by atoms with Crippen LogP contribution in [-0.2, 0) is 4.74 Å². The number of hydrogen-bond donors (Lipinski definition) is 0. The van der Waals surface area contributed by atoms with Crippen LogP contribution in [0.1, 0.15) is 53.0 Å². The lowest BCUT2D eigenvalue weighted by Crippen LogP contribution is -2.14. The van der Waals surface area contributed by atoms with Crippen LogP contribution in [0.4, 0.5) is 5.69 Å². The van der Waals surface area contributed by atoms with Gasteiger partial charge in [-0.15, -0.1) is 0 Å². The van der Waals surface area contributed by atoms with Crippen LogP contribution < -0.4 is 9.47 Å². The van der Waals surface area contributed by atoms with E-state index in [1.54, 1.807) is 86.1 Å². The highest BCUT2D eigenvalue weighted by atomic mass is 16.5. The number of esters is 2. The van der Waals surface area contributed by atoms with Gasteiger partial charge in [0, 0.05) is 6.21 Å². The number of benzene rings is 3. The summed E-state index contributed by atoms with van der Waals surface area (Å²) in [7, 11) is 1.57. The zero-order chi connectivity index (χ0) is 23.6. The lowest BCUT2D eigenvalue weighted by atomic mass is 10.2. The highest BCUT2D eigenvalue weighted by Crippen LogP contribution is 2.18. The molecule has 0 spiro atoms. The summed E-state index contributed by atoms with van der Waals surface area (Å²) in [5.74, 6) is 0.340. The lowest BCUT2D eigenvalue weighted by molar-refractivity contribution is 0.0323. The predicted molar refractivity (Wildman–Crippen MR) is 128 cm³/mol. The van der Waals surface area contributed by atoms with E-state index in [1.807, 2.05) is 6.92 Å². The van der Waals surface area contributed by atoms with Crippen molar-refractivity contribution >= 4 is 23.8 Å². The minimum atomic E-state index is -0.443. The largest absolute Gasteiger partial charge is 0.497 e. The Bertz CT molecular complexity index is 1090. The van der Waals surface area contributed by atoms with Crippen LogP contribution in [0.2, 0.25) is 0 Å². The van der Waals surface area contributed by atoms with E-state index < -0.39 is 5.97 Å². The van der Waals surface area contributed by atoms with Crippen molar-refractivity contribution in [3.05, 3.63) is 89.5 Å². The SMILES string of the molecule is CCCC(C)OC(=O)c1ccc(N=Cc2ccc(OC(=O)c3ccc(OC)cc3)cc2)cc1. The lowest BCUT2D eigenvalue weighted by Gasteiger charge is -2.11. The highest BCUT2D eigenvalue weighted by molar-refractivity contribution is 5.91. The van der Waals surface area contributed by atoms with Crippen LogP contribution >= 0.6 is 0 Å². The first kappa shape index (κ1) is 23.7. The van der Waals surface area contributed by atoms with Crippen molar-refractivity contribution in [1.29, 1.82) is 0 Å². The highest BCUT2D eigenvalue weighted by Gasteiger charge is 2.11. The Hall–Kier alpha value is -3.93. The quantitative estimate of drug-likeness (QED) is 0.229. The minimum Gasteiger partial charge on any atom is -0.497 e. The zero-order valence-electron chi connectivity index (χ0n) is 19.0. The third kappa shape index (κ3) is 7.04. The molecule has 0 saturated carbocycles. The van der Waals surface area contributed by atoms with Gasteiger partial charge in [-0.3, -0.25) is 4.99 Å². The molecule has 0 radical (unpaired) electrons. The Morgan fingerprint density at radius 1 is 0.848 bits per heavy atom. The van der Waals surface area contributed by atoms with Crippen LogP contribution in [0.5, 0.6) is 11.5 Å². The number of rotatable bonds is 9. The first-order chi connectivity index (χ1) is 16.0. The molecular formula is C27H27NO5. The molecule has 1 unspecified atom stereocenters. The van der Waals surface area contributed by atoms with Gasteiger partial charge in [-0.05, 0) is 91.7 Å². The second-order valence-corrected chi connectivity index (χ2v) is 7.50. The van der Waals surface area contributed by atoms with E-state index in [0.29, 0.717) is 28.3 Å². The van der Waals surface area contributed by atoms with Crippen LogP contribution in [0, 0.1) is 0 Å². The topological polar surface area (TPSA) is 74.2 Å². The number of aliphatic imine (C=N–C) groups is 1. The Balaban J connectivity index is 1.56. The third-order valence-electron chi connectivity index (χ3n) is 4.89. The van der Waals surface area contributed by atoms with E-state index in [4.69, 9.17) is 14.2 Å². The molecule has 3 aromatic rings. The van der Waals surface area contributed by atoms with Crippen LogP contribution in [0.15, 0.2) is 77.8 Å². The van der Waals surface area contributed by atoms with Gasteiger partial charge in [0.2, 0.25) is 0 Å². The molecule has 0 saturated heterocycles. The number of nitrogens with zero attached hydrogens (tertiary/aromatic N) is 1. The average Bonchev–Trinajstić information content (AvgIpc) is 2.84. The molecule has 170 valence electrons. The Labute approximate surface area is 193 Å². The Morgan fingerprint density at radius 2 is 1.42 bits per heavy atom. The molecule has 0 aromatic heterocycles. The van der Waals surface area contributed by atoms with E-state index in [2.05, 4.69) is 11.9 Å². The molecule has 0 aliphatic heterocycles. The van der Waals surface area contributed by atoms with Gasteiger partial charge < -0.3 is 14.2 Å². The molecule has 0 N–H and O–H groups in total. The molecule has 6 nitrogen and oxygen atoms in total. The maximum absolute atomic E-state index is 12.3. The first-order valence-electron chi connectivity index (χ1n) is 10.8. The van der Waals surface area contributed by atoms with Crippen molar-refractivity contribution in [2.75, 3.05) is 7.11 Å². The van der Waals surface area contributed by atoms with E-state index in [-0.39, 0.29) is 12.1 Å². The van der Waals surface area contributed by atoms with Crippen LogP contribution in [0.25, 0.3) is 0 Å². The van der Waals surface area contributed by atoms with Crippen LogP contribution in [0.3, 0.4) is 0 Å². The smallest absolute Gasteiger partial charge is 0.343 e. The molecule has 3 aromatic carbocycles. The van der Waals surface area contributed by atoms with E-state index >= 15 is 0 Å². The number of carbonyl (C=O) groups is 2. The van der Waals surface area contributed by atoms with Crippen molar-refractivity contribution in [3.63, 3.8) is 0 Å². The van der Waals surface area contributed by atoms with Gasteiger partial charge in [-0.1, -0.05) is 13.3 Å². The van der Waals surface area contributed by atoms with Crippen molar-refractivity contribution in [2.24, 2.45) is 4.99 Å². The fourth-order valence-corrected chi connectivity index (χ4v) is 3.06. The molecule has 0 bridgehead atoms. The third-order valence-corrected chi connectivity index (χ3v) is 4.89. The molecule has 0 aliphatic rings. The van der Waals surface area contributed by atoms with Gasteiger partial charge in [-0.2, -0.15) is 0 Å². The van der Waals surface area contributed by atoms with Crippen LogP contribution in [-0.4, -0.2) is 31.4 Å². The fraction of sp³-hybridized carbons (Fsp3) is 0.222. The summed E-state index contributed by atoms with van der Waals surface area (Å²) in [5.41, 5.74) is 2.49. The molecule has 0 fully saturated rings.